The Morgan fingerprint density at radius 2 is 2.05 bits per heavy atom. The maximum absolute atomic E-state index is 14.1. The molecule has 2 aromatic rings. The number of benzene rings is 1. The molecule has 1 aromatic carbocycles. The molecule has 0 bridgehead atoms. The summed E-state index contributed by atoms with van der Waals surface area (Å²) in [5, 5.41) is 7.59. The van der Waals surface area contributed by atoms with Crippen LogP contribution in [0.25, 0.3) is 0 Å². The zero-order valence-corrected chi connectivity index (χ0v) is 12.4. The van der Waals surface area contributed by atoms with Gasteiger partial charge in [-0.15, -0.1) is 0 Å². The first-order chi connectivity index (χ1) is 10.2. The van der Waals surface area contributed by atoms with Crippen LogP contribution in [0, 0.1) is 11.6 Å². The van der Waals surface area contributed by atoms with E-state index in [4.69, 9.17) is 0 Å². The van der Waals surface area contributed by atoms with E-state index in [-0.39, 0.29) is 6.04 Å². The Kier molecular flexibility index (Phi) is 5.44. The normalized spacial score (nSPS) is 12.6. The van der Waals surface area contributed by atoms with Crippen molar-refractivity contribution in [3.8, 4) is 0 Å². The summed E-state index contributed by atoms with van der Waals surface area (Å²) in [7, 11) is 0. The maximum atomic E-state index is 14.1. The van der Waals surface area contributed by atoms with E-state index in [9.17, 15) is 8.78 Å². The monoisotopic (exact) mass is 293 g/mol. The van der Waals surface area contributed by atoms with Crippen molar-refractivity contribution in [3.05, 3.63) is 53.4 Å². The zero-order chi connectivity index (χ0) is 15.2. The van der Waals surface area contributed by atoms with Crippen molar-refractivity contribution >= 4 is 0 Å². The first-order valence-corrected chi connectivity index (χ1v) is 7.36. The summed E-state index contributed by atoms with van der Waals surface area (Å²) in [6, 6.07) is 3.40. The van der Waals surface area contributed by atoms with Gasteiger partial charge in [-0.25, -0.2) is 8.78 Å². The molecule has 0 aliphatic heterocycles. The Hall–Kier alpha value is -1.75. The molecule has 0 saturated carbocycles. The van der Waals surface area contributed by atoms with E-state index in [2.05, 4.69) is 17.3 Å². The molecule has 0 saturated heterocycles. The van der Waals surface area contributed by atoms with Crippen molar-refractivity contribution < 1.29 is 8.78 Å². The predicted octanol–water partition coefficient (Wildman–Crippen LogP) is 3.66. The van der Waals surface area contributed by atoms with Gasteiger partial charge in [0.2, 0.25) is 0 Å². The van der Waals surface area contributed by atoms with Crippen LogP contribution in [0.1, 0.15) is 43.9 Å². The molecule has 0 aliphatic carbocycles. The quantitative estimate of drug-likeness (QED) is 0.844. The number of hydrogen-bond donors (Lipinski definition) is 1. The number of halogens is 2. The van der Waals surface area contributed by atoms with Crippen LogP contribution in [-0.4, -0.2) is 16.3 Å². The second-order valence-corrected chi connectivity index (χ2v) is 5.09. The summed E-state index contributed by atoms with van der Waals surface area (Å²) >= 11 is 0. The fourth-order valence-electron chi connectivity index (χ4n) is 2.31. The predicted molar refractivity (Wildman–Crippen MR) is 79.0 cm³/mol. The molecule has 114 valence electrons. The first kappa shape index (κ1) is 15.6. The number of hydrogen-bond acceptors (Lipinski definition) is 2. The number of nitrogens with one attached hydrogen (secondary N) is 1. The van der Waals surface area contributed by atoms with Crippen LogP contribution in [-0.2, 0) is 6.54 Å². The zero-order valence-electron chi connectivity index (χ0n) is 12.4. The van der Waals surface area contributed by atoms with Gasteiger partial charge in [-0.1, -0.05) is 19.9 Å². The molecular formula is C16H21F2N3. The number of nitrogens with zero attached hydrogens (tertiary/aromatic N) is 2. The van der Waals surface area contributed by atoms with Crippen LogP contribution in [0.5, 0.6) is 0 Å². The largest absolute Gasteiger partial charge is 0.306 e. The van der Waals surface area contributed by atoms with E-state index in [1.54, 1.807) is 6.20 Å². The minimum Gasteiger partial charge on any atom is -0.306 e. The summed E-state index contributed by atoms with van der Waals surface area (Å²) in [4.78, 5) is 0. The van der Waals surface area contributed by atoms with E-state index >= 15 is 0 Å². The Morgan fingerprint density at radius 1 is 1.24 bits per heavy atom. The molecule has 0 aliphatic rings. The Balaban J connectivity index is 2.32. The third kappa shape index (κ3) is 3.88. The molecule has 5 heteroatoms. The number of rotatable bonds is 7. The fraction of sp³-hybridized carbons (Fsp3) is 0.438. The van der Waals surface area contributed by atoms with Gasteiger partial charge in [-0.3, -0.25) is 4.68 Å². The van der Waals surface area contributed by atoms with E-state index in [0.29, 0.717) is 5.56 Å². The van der Waals surface area contributed by atoms with Gasteiger partial charge >= 0.3 is 0 Å². The molecule has 0 fully saturated rings. The van der Waals surface area contributed by atoms with E-state index in [1.807, 2.05) is 17.8 Å². The molecule has 1 unspecified atom stereocenters. The number of aryl methyl sites for hydroxylation is 1. The van der Waals surface area contributed by atoms with Crippen LogP contribution < -0.4 is 5.32 Å². The van der Waals surface area contributed by atoms with Crippen molar-refractivity contribution in [3.63, 3.8) is 0 Å². The van der Waals surface area contributed by atoms with Gasteiger partial charge in [0, 0.05) is 29.9 Å². The standard InChI is InChI=1S/C16H21F2N3/c1-3-7-19-16(12-10-20-21(11-12)8-4-2)14-6-5-13(17)9-15(14)18/h5-6,9-11,16,19H,3-4,7-8H2,1-2H3. The lowest BCUT2D eigenvalue weighted by Crippen LogP contribution is -2.24. The average molecular weight is 293 g/mol. The molecule has 1 atom stereocenters. The lowest BCUT2D eigenvalue weighted by atomic mass is 10.0. The maximum Gasteiger partial charge on any atom is 0.131 e. The molecule has 0 amide bonds. The fourth-order valence-corrected chi connectivity index (χ4v) is 2.31. The molecule has 1 N–H and O–H groups in total. The van der Waals surface area contributed by atoms with Gasteiger partial charge in [-0.2, -0.15) is 5.10 Å². The first-order valence-electron chi connectivity index (χ1n) is 7.36. The van der Waals surface area contributed by atoms with Crippen LogP contribution in [0.15, 0.2) is 30.6 Å². The Labute approximate surface area is 124 Å². The molecule has 1 heterocycles. The second-order valence-electron chi connectivity index (χ2n) is 5.09. The minimum absolute atomic E-state index is 0.309. The van der Waals surface area contributed by atoms with Gasteiger partial charge in [0.05, 0.1) is 12.2 Å². The topological polar surface area (TPSA) is 29.9 Å². The van der Waals surface area contributed by atoms with Crippen molar-refractivity contribution in [2.45, 2.75) is 39.3 Å². The Morgan fingerprint density at radius 3 is 2.71 bits per heavy atom. The highest BCUT2D eigenvalue weighted by Crippen LogP contribution is 2.25. The van der Waals surface area contributed by atoms with Crippen molar-refractivity contribution in [1.29, 1.82) is 0 Å². The van der Waals surface area contributed by atoms with Crippen LogP contribution in [0.4, 0.5) is 8.78 Å². The van der Waals surface area contributed by atoms with Gasteiger partial charge in [0.1, 0.15) is 11.6 Å². The highest BCUT2D eigenvalue weighted by molar-refractivity contribution is 5.30. The Bertz CT molecular complexity index is 581. The van der Waals surface area contributed by atoms with Gasteiger partial charge in [0.15, 0.2) is 0 Å². The van der Waals surface area contributed by atoms with Crippen LogP contribution in [0.3, 0.4) is 0 Å². The molecule has 1 aromatic heterocycles. The second kappa shape index (κ2) is 7.31. The van der Waals surface area contributed by atoms with Gasteiger partial charge < -0.3 is 5.32 Å². The summed E-state index contributed by atoms with van der Waals surface area (Å²) in [6.07, 6.45) is 5.58. The highest BCUT2D eigenvalue weighted by Gasteiger charge is 2.19. The molecule has 0 spiro atoms. The SMILES string of the molecule is CCCNC(c1cnn(CCC)c1)c1ccc(F)cc1F. The number of aromatic nitrogens is 2. The lowest BCUT2D eigenvalue weighted by molar-refractivity contribution is 0.532. The smallest absolute Gasteiger partial charge is 0.131 e. The molecule has 0 radical (unpaired) electrons. The van der Waals surface area contributed by atoms with E-state index in [1.165, 1.54) is 12.1 Å². The molecular weight excluding hydrogens is 272 g/mol. The molecule has 2 rings (SSSR count). The van der Waals surface area contributed by atoms with Crippen molar-refractivity contribution in [1.82, 2.24) is 15.1 Å². The van der Waals surface area contributed by atoms with E-state index in [0.717, 1.165) is 37.6 Å². The third-order valence-electron chi connectivity index (χ3n) is 3.31. The van der Waals surface area contributed by atoms with E-state index < -0.39 is 11.6 Å². The van der Waals surface area contributed by atoms with Crippen molar-refractivity contribution in [2.24, 2.45) is 0 Å². The summed E-state index contributed by atoms with van der Waals surface area (Å²) in [6.45, 7) is 5.70. The lowest BCUT2D eigenvalue weighted by Gasteiger charge is -2.18. The highest BCUT2D eigenvalue weighted by atomic mass is 19.1. The van der Waals surface area contributed by atoms with Crippen LogP contribution >= 0.6 is 0 Å². The summed E-state index contributed by atoms with van der Waals surface area (Å²) < 4.78 is 29.0. The van der Waals surface area contributed by atoms with Gasteiger partial charge in [0.25, 0.3) is 0 Å². The minimum atomic E-state index is -0.563. The van der Waals surface area contributed by atoms with Crippen LogP contribution in [0.2, 0.25) is 0 Å². The molecule has 3 nitrogen and oxygen atoms in total. The van der Waals surface area contributed by atoms with Crippen molar-refractivity contribution in [2.75, 3.05) is 6.54 Å². The summed E-state index contributed by atoms with van der Waals surface area (Å²) in [5.41, 5.74) is 1.34. The van der Waals surface area contributed by atoms with Gasteiger partial charge in [-0.05, 0) is 25.5 Å². The average Bonchev–Trinajstić information content (AvgIpc) is 2.90. The molecule has 21 heavy (non-hydrogen) atoms. The third-order valence-corrected chi connectivity index (χ3v) is 3.31. The summed E-state index contributed by atoms with van der Waals surface area (Å²) in [5.74, 6) is -1.10.